The van der Waals surface area contributed by atoms with E-state index in [1.54, 1.807) is 30.8 Å². The number of ether oxygens (including phenoxy) is 1. The Morgan fingerprint density at radius 3 is 2.50 bits per heavy atom. The van der Waals surface area contributed by atoms with Crippen molar-refractivity contribution in [1.29, 1.82) is 0 Å². The van der Waals surface area contributed by atoms with Crippen LogP contribution >= 0.6 is 11.8 Å². The van der Waals surface area contributed by atoms with Crippen LogP contribution < -0.4 is 10.6 Å². The van der Waals surface area contributed by atoms with Gasteiger partial charge >= 0.3 is 0 Å². The van der Waals surface area contributed by atoms with Crippen LogP contribution in [0, 0.1) is 0 Å². The molecule has 0 atom stereocenters. The summed E-state index contributed by atoms with van der Waals surface area (Å²) in [4.78, 5) is 17.5. The van der Waals surface area contributed by atoms with Gasteiger partial charge in [0.05, 0.1) is 0 Å². The predicted molar refractivity (Wildman–Crippen MR) is 95.7 cm³/mol. The van der Waals surface area contributed by atoms with Crippen LogP contribution in [-0.2, 0) is 9.53 Å². The molecule has 0 bridgehead atoms. The van der Waals surface area contributed by atoms with Crippen LogP contribution in [0.15, 0.2) is 4.99 Å². The fourth-order valence-electron chi connectivity index (χ4n) is 1.46. The van der Waals surface area contributed by atoms with Crippen molar-refractivity contribution >= 4 is 23.6 Å². The summed E-state index contributed by atoms with van der Waals surface area (Å²) in [6, 6.07) is 0. The summed E-state index contributed by atoms with van der Waals surface area (Å²) in [6.07, 6.45) is 5.26. The monoisotopic (exact) mass is 332 g/mol. The Kier molecular flexibility index (Phi) is 14.3. The third-order valence-electron chi connectivity index (χ3n) is 2.87. The summed E-state index contributed by atoms with van der Waals surface area (Å²) < 4.78 is 5.52. The second kappa shape index (κ2) is 15.0. The van der Waals surface area contributed by atoms with Gasteiger partial charge < -0.3 is 20.3 Å². The molecule has 0 aliphatic heterocycles. The molecule has 0 radical (unpaired) electrons. The highest BCUT2D eigenvalue weighted by atomic mass is 32.2. The van der Waals surface area contributed by atoms with Crippen LogP contribution in [0.1, 0.15) is 26.2 Å². The number of rotatable bonds is 12. The molecule has 0 aromatic rings. The maximum atomic E-state index is 11.6. The zero-order valence-corrected chi connectivity index (χ0v) is 15.3. The third-order valence-corrected chi connectivity index (χ3v) is 3.48. The van der Waals surface area contributed by atoms with E-state index in [-0.39, 0.29) is 12.5 Å². The van der Waals surface area contributed by atoms with Crippen molar-refractivity contribution in [2.45, 2.75) is 26.2 Å². The van der Waals surface area contributed by atoms with E-state index in [4.69, 9.17) is 4.74 Å². The van der Waals surface area contributed by atoms with E-state index in [1.165, 1.54) is 0 Å². The SMILES string of the molecule is CCCCOCCCNC(=NCC(=O)N(C)C)NCCSC. The highest BCUT2D eigenvalue weighted by molar-refractivity contribution is 7.98. The van der Waals surface area contributed by atoms with E-state index in [9.17, 15) is 4.79 Å². The molecule has 0 aliphatic rings. The molecule has 0 aromatic heterocycles. The van der Waals surface area contributed by atoms with Crippen LogP contribution in [0.3, 0.4) is 0 Å². The number of nitrogens with zero attached hydrogens (tertiary/aromatic N) is 2. The van der Waals surface area contributed by atoms with E-state index < -0.39 is 0 Å². The molecular weight excluding hydrogens is 300 g/mol. The summed E-state index contributed by atoms with van der Waals surface area (Å²) >= 11 is 1.77. The van der Waals surface area contributed by atoms with Gasteiger partial charge in [0, 0.05) is 46.2 Å². The van der Waals surface area contributed by atoms with Crippen LogP contribution in [0.25, 0.3) is 0 Å². The number of unbranched alkanes of at least 4 members (excludes halogenated alkanes) is 1. The summed E-state index contributed by atoms with van der Waals surface area (Å²) in [7, 11) is 3.47. The van der Waals surface area contributed by atoms with Crippen LogP contribution in [-0.4, -0.2) is 75.7 Å². The van der Waals surface area contributed by atoms with Crippen molar-refractivity contribution < 1.29 is 9.53 Å². The average molecular weight is 333 g/mol. The largest absolute Gasteiger partial charge is 0.381 e. The van der Waals surface area contributed by atoms with Crippen molar-refractivity contribution in [3.63, 3.8) is 0 Å². The minimum atomic E-state index is -0.00568. The first kappa shape index (κ1) is 21.0. The number of aliphatic imine (C=N–C) groups is 1. The Balaban J connectivity index is 4.01. The first-order valence-electron chi connectivity index (χ1n) is 7.90. The number of amides is 1. The molecule has 6 nitrogen and oxygen atoms in total. The van der Waals surface area contributed by atoms with Gasteiger partial charge in [-0.25, -0.2) is 4.99 Å². The standard InChI is InChI=1S/C15H32N4O2S/c1-5-6-10-21-11-7-8-16-15(17-9-12-22-4)18-13-14(20)19(2)3/h5-13H2,1-4H3,(H2,16,17,18). The average Bonchev–Trinajstić information content (AvgIpc) is 2.50. The molecule has 0 fully saturated rings. The number of likely N-dealkylation sites (N-methyl/N-ethyl adjacent to an activating group) is 1. The minimum Gasteiger partial charge on any atom is -0.381 e. The van der Waals surface area contributed by atoms with E-state index >= 15 is 0 Å². The summed E-state index contributed by atoms with van der Waals surface area (Å²) in [5.74, 6) is 1.69. The molecular formula is C15H32N4O2S. The molecule has 0 aliphatic carbocycles. The van der Waals surface area contributed by atoms with Crippen molar-refractivity contribution in [2.75, 3.05) is 59.0 Å². The Bertz CT molecular complexity index is 312. The molecule has 0 unspecified atom stereocenters. The molecule has 0 saturated heterocycles. The molecule has 0 rings (SSSR count). The lowest BCUT2D eigenvalue weighted by molar-refractivity contribution is -0.127. The normalized spacial score (nSPS) is 11.4. The second-order valence-electron chi connectivity index (χ2n) is 5.12. The second-order valence-corrected chi connectivity index (χ2v) is 6.10. The highest BCUT2D eigenvalue weighted by Gasteiger charge is 2.04. The fourth-order valence-corrected chi connectivity index (χ4v) is 1.77. The maximum Gasteiger partial charge on any atom is 0.243 e. The summed E-state index contributed by atoms with van der Waals surface area (Å²) in [6.45, 7) is 5.52. The molecule has 7 heteroatoms. The number of thioether (sulfide) groups is 1. The van der Waals surface area contributed by atoms with Gasteiger partial charge in [-0.05, 0) is 19.1 Å². The van der Waals surface area contributed by atoms with E-state index in [1.807, 2.05) is 0 Å². The minimum absolute atomic E-state index is 0.00568. The van der Waals surface area contributed by atoms with Crippen molar-refractivity contribution in [3.8, 4) is 0 Å². The smallest absolute Gasteiger partial charge is 0.243 e. The van der Waals surface area contributed by atoms with Gasteiger partial charge in [0.15, 0.2) is 5.96 Å². The topological polar surface area (TPSA) is 66.0 Å². The molecule has 0 aromatic carbocycles. The lowest BCUT2D eigenvalue weighted by atomic mass is 10.4. The number of guanidine groups is 1. The fraction of sp³-hybridized carbons (Fsp3) is 0.867. The van der Waals surface area contributed by atoms with Gasteiger partial charge in [0.2, 0.25) is 5.91 Å². The number of hydrogen-bond donors (Lipinski definition) is 2. The number of hydrogen-bond acceptors (Lipinski definition) is 4. The Morgan fingerprint density at radius 2 is 1.86 bits per heavy atom. The van der Waals surface area contributed by atoms with Gasteiger partial charge in [-0.15, -0.1) is 0 Å². The Morgan fingerprint density at radius 1 is 1.18 bits per heavy atom. The summed E-state index contributed by atoms with van der Waals surface area (Å²) in [5, 5.41) is 6.48. The molecule has 0 heterocycles. The van der Waals surface area contributed by atoms with Crippen LogP contribution in [0.4, 0.5) is 0 Å². The summed E-state index contributed by atoms with van der Waals surface area (Å²) in [5.41, 5.74) is 0. The zero-order chi connectivity index (χ0) is 16.6. The van der Waals surface area contributed by atoms with Crippen molar-refractivity contribution in [2.24, 2.45) is 4.99 Å². The maximum absolute atomic E-state index is 11.6. The molecule has 130 valence electrons. The lowest BCUT2D eigenvalue weighted by Crippen LogP contribution is -2.40. The van der Waals surface area contributed by atoms with Crippen LogP contribution in [0.5, 0.6) is 0 Å². The van der Waals surface area contributed by atoms with Gasteiger partial charge in [-0.2, -0.15) is 11.8 Å². The zero-order valence-electron chi connectivity index (χ0n) is 14.5. The number of carbonyl (C=O) groups excluding carboxylic acids is 1. The Hall–Kier alpha value is -0.950. The number of carbonyl (C=O) groups is 1. The van der Waals surface area contributed by atoms with E-state index in [0.29, 0.717) is 5.96 Å². The first-order chi connectivity index (χ1) is 10.6. The molecule has 2 N–H and O–H groups in total. The first-order valence-corrected chi connectivity index (χ1v) is 9.30. The van der Waals surface area contributed by atoms with Crippen LogP contribution in [0.2, 0.25) is 0 Å². The highest BCUT2D eigenvalue weighted by Crippen LogP contribution is 1.90. The molecule has 0 spiro atoms. The van der Waals surface area contributed by atoms with Crippen molar-refractivity contribution in [3.05, 3.63) is 0 Å². The van der Waals surface area contributed by atoms with Gasteiger partial charge in [-0.1, -0.05) is 13.3 Å². The predicted octanol–water partition coefficient (Wildman–Crippen LogP) is 1.18. The molecule has 0 saturated carbocycles. The lowest BCUT2D eigenvalue weighted by Gasteiger charge is -2.13. The third kappa shape index (κ3) is 12.8. The van der Waals surface area contributed by atoms with Gasteiger partial charge in [-0.3, -0.25) is 4.79 Å². The van der Waals surface area contributed by atoms with Crippen molar-refractivity contribution in [1.82, 2.24) is 15.5 Å². The number of nitrogens with one attached hydrogen (secondary N) is 2. The molecule has 1 amide bonds. The molecule has 22 heavy (non-hydrogen) atoms. The van der Waals surface area contributed by atoms with E-state index in [2.05, 4.69) is 28.8 Å². The quantitative estimate of drug-likeness (QED) is 0.319. The Labute approximate surface area is 139 Å². The van der Waals surface area contributed by atoms with E-state index in [0.717, 1.165) is 51.3 Å². The van der Waals surface area contributed by atoms with Gasteiger partial charge in [0.25, 0.3) is 0 Å². The van der Waals surface area contributed by atoms with Gasteiger partial charge in [0.1, 0.15) is 6.54 Å².